The molecule has 0 aliphatic heterocycles. The SMILES string of the molecule is CCCCCCCCCCCCCCCCCOC(=O)OC1CCC2(C)C(=CCC3C2CCC2(C)C(CCCCCCCC)CCC32)C1. The molecule has 0 radical (unpaired) electrons. The van der Waals surface area contributed by atoms with Gasteiger partial charge in [0.05, 0.1) is 6.61 Å². The van der Waals surface area contributed by atoms with Gasteiger partial charge in [-0.05, 0) is 92.3 Å². The van der Waals surface area contributed by atoms with Crippen LogP contribution in [0.15, 0.2) is 11.6 Å². The van der Waals surface area contributed by atoms with E-state index in [4.69, 9.17) is 9.47 Å². The summed E-state index contributed by atoms with van der Waals surface area (Å²) in [6, 6.07) is 0. The molecular weight excluding hydrogens is 588 g/mol. The van der Waals surface area contributed by atoms with Crippen LogP contribution in [0.5, 0.6) is 0 Å². The van der Waals surface area contributed by atoms with E-state index >= 15 is 0 Å². The molecule has 7 atom stereocenters. The molecule has 0 heterocycles. The molecule has 0 aromatic rings. The number of hydrogen-bond acceptors (Lipinski definition) is 3. The van der Waals surface area contributed by atoms with Gasteiger partial charge < -0.3 is 9.47 Å². The zero-order valence-corrected chi connectivity index (χ0v) is 32.6. The lowest BCUT2D eigenvalue weighted by molar-refractivity contribution is -0.0563. The van der Waals surface area contributed by atoms with Gasteiger partial charge in [0.2, 0.25) is 0 Å². The molecule has 48 heavy (non-hydrogen) atoms. The van der Waals surface area contributed by atoms with Crippen molar-refractivity contribution in [1.29, 1.82) is 0 Å². The molecular formula is C45H80O3. The van der Waals surface area contributed by atoms with E-state index in [0.29, 0.717) is 17.4 Å². The Kier molecular flexibility index (Phi) is 17.7. The molecule has 7 unspecified atom stereocenters. The molecule has 4 rings (SSSR count). The monoisotopic (exact) mass is 669 g/mol. The summed E-state index contributed by atoms with van der Waals surface area (Å²) >= 11 is 0. The fourth-order valence-corrected chi connectivity index (χ4v) is 11.3. The maximum atomic E-state index is 12.6. The highest BCUT2D eigenvalue weighted by atomic mass is 16.7. The summed E-state index contributed by atoms with van der Waals surface area (Å²) < 4.78 is 11.5. The molecule has 0 saturated heterocycles. The highest BCUT2D eigenvalue weighted by molar-refractivity contribution is 5.60. The molecule has 278 valence electrons. The lowest BCUT2D eigenvalue weighted by atomic mass is 9.47. The maximum absolute atomic E-state index is 12.6. The first-order valence-corrected chi connectivity index (χ1v) is 21.9. The number of ether oxygens (including phenoxy) is 2. The van der Waals surface area contributed by atoms with Crippen LogP contribution in [0.4, 0.5) is 4.79 Å². The van der Waals surface area contributed by atoms with Gasteiger partial charge in [-0.15, -0.1) is 0 Å². The molecule has 4 aliphatic rings. The van der Waals surface area contributed by atoms with Crippen molar-refractivity contribution in [2.75, 3.05) is 6.61 Å². The van der Waals surface area contributed by atoms with Crippen molar-refractivity contribution in [3.05, 3.63) is 11.6 Å². The van der Waals surface area contributed by atoms with Gasteiger partial charge in [-0.1, -0.05) is 168 Å². The van der Waals surface area contributed by atoms with Crippen molar-refractivity contribution < 1.29 is 14.3 Å². The van der Waals surface area contributed by atoms with Crippen molar-refractivity contribution in [2.24, 2.45) is 34.5 Å². The number of allylic oxidation sites excluding steroid dienone is 1. The van der Waals surface area contributed by atoms with Crippen molar-refractivity contribution in [2.45, 2.75) is 226 Å². The summed E-state index contributed by atoms with van der Waals surface area (Å²) in [6.45, 7) is 10.4. The Morgan fingerprint density at radius 3 is 1.83 bits per heavy atom. The molecule has 0 aromatic heterocycles. The van der Waals surface area contributed by atoms with Crippen molar-refractivity contribution in [1.82, 2.24) is 0 Å². The molecule has 3 saturated carbocycles. The standard InChI is InChI=1S/C45H80O3/c1-5-7-9-11-13-14-15-16-17-18-19-20-21-23-25-35-47-43(46)48-39-31-33-45(4)38(36-39)27-29-40-41-30-28-37(26-24-22-12-10-8-6-2)44(41,3)34-32-42(40)45/h27,37,39-42H,5-26,28-36H2,1-4H3. The van der Waals surface area contributed by atoms with Crippen LogP contribution in [0, 0.1) is 34.5 Å². The van der Waals surface area contributed by atoms with E-state index in [1.807, 2.05) is 0 Å². The first-order chi connectivity index (χ1) is 23.4. The third-order valence-corrected chi connectivity index (χ3v) is 14.4. The van der Waals surface area contributed by atoms with E-state index in [2.05, 4.69) is 33.8 Å². The zero-order chi connectivity index (χ0) is 34.1. The normalized spacial score (nSPS) is 31.1. The Morgan fingerprint density at radius 1 is 0.667 bits per heavy atom. The quantitative estimate of drug-likeness (QED) is 0.0583. The molecule has 3 nitrogen and oxygen atoms in total. The van der Waals surface area contributed by atoms with Crippen LogP contribution < -0.4 is 0 Å². The van der Waals surface area contributed by atoms with Crippen molar-refractivity contribution >= 4 is 6.16 Å². The smallest absolute Gasteiger partial charge is 0.434 e. The largest absolute Gasteiger partial charge is 0.508 e. The Bertz CT molecular complexity index is 925. The fraction of sp³-hybridized carbons (Fsp3) is 0.933. The molecule has 0 aromatic carbocycles. The van der Waals surface area contributed by atoms with Crippen molar-refractivity contribution in [3.8, 4) is 0 Å². The number of carbonyl (C=O) groups excluding carboxylic acids is 1. The Morgan fingerprint density at radius 2 is 1.23 bits per heavy atom. The molecule has 0 bridgehead atoms. The maximum Gasteiger partial charge on any atom is 0.508 e. The van der Waals surface area contributed by atoms with E-state index in [9.17, 15) is 4.79 Å². The Balaban J connectivity index is 1.06. The predicted octanol–water partition coefficient (Wildman–Crippen LogP) is 14.7. The summed E-state index contributed by atoms with van der Waals surface area (Å²) in [5.41, 5.74) is 2.47. The van der Waals surface area contributed by atoms with E-state index in [0.717, 1.165) is 49.4 Å². The van der Waals surface area contributed by atoms with Gasteiger partial charge in [0.1, 0.15) is 6.10 Å². The van der Waals surface area contributed by atoms with Gasteiger partial charge in [0.15, 0.2) is 0 Å². The van der Waals surface area contributed by atoms with Crippen LogP contribution >= 0.6 is 0 Å². The minimum absolute atomic E-state index is 0.00326. The number of fused-ring (bicyclic) bond motifs is 5. The van der Waals surface area contributed by atoms with Crippen LogP contribution in [0.2, 0.25) is 0 Å². The third kappa shape index (κ3) is 11.5. The zero-order valence-electron chi connectivity index (χ0n) is 32.6. The van der Waals surface area contributed by atoms with E-state index in [1.165, 1.54) is 167 Å². The summed E-state index contributed by atoms with van der Waals surface area (Å²) in [5.74, 6) is 3.56. The summed E-state index contributed by atoms with van der Waals surface area (Å²) in [4.78, 5) is 12.6. The van der Waals surface area contributed by atoms with E-state index in [1.54, 1.807) is 5.57 Å². The van der Waals surface area contributed by atoms with Crippen LogP contribution in [-0.2, 0) is 9.47 Å². The molecule has 3 heteroatoms. The van der Waals surface area contributed by atoms with Gasteiger partial charge in [-0.2, -0.15) is 0 Å². The molecule has 0 spiro atoms. The summed E-state index contributed by atoms with van der Waals surface area (Å²) in [6.07, 6.45) is 42.5. The highest BCUT2D eigenvalue weighted by Gasteiger charge is 2.58. The van der Waals surface area contributed by atoms with Gasteiger partial charge in [0.25, 0.3) is 0 Å². The first kappa shape index (κ1) is 39.8. The van der Waals surface area contributed by atoms with E-state index in [-0.39, 0.29) is 6.10 Å². The lowest BCUT2D eigenvalue weighted by Crippen LogP contribution is -2.50. The van der Waals surface area contributed by atoms with Crippen LogP contribution in [-0.4, -0.2) is 18.9 Å². The number of unbranched alkanes of at least 4 members (excludes halogenated alkanes) is 19. The molecule has 4 aliphatic carbocycles. The molecule has 3 fully saturated rings. The van der Waals surface area contributed by atoms with Gasteiger partial charge in [0, 0.05) is 6.42 Å². The first-order valence-electron chi connectivity index (χ1n) is 21.9. The summed E-state index contributed by atoms with van der Waals surface area (Å²) in [7, 11) is 0. The summed E-state index contributed by atoms with van der Waals surface area (Å²) in [5, 5.41) is 0. The van der Waals surface area contributed by atoms with Crippen molar-refractivity contribution in [3.63, 3.8) is 0 Å². The van der Waals surface area contributed by atoms with Gasteiger partial charge in [-0.25, -0.2) is 4.79 Å². The number of hydrogen-bond donors (Lipinski definition) is 0. The van der Waals surface area contributed by atoms with Crippen LogP contribution in [0.25, 0.3) is 0 Å². The van der Waals surface area contributed by atoms with E-state index < -0.39 is 6.16 Å². The molecule has 0 N–H and O–H groups in total. The Labute approximate surface area is 298 Å². The second-order valence-corrected chi connectivity index (χ2v) is 17.7. The lowest BCUT2D eigenvalue weighted by Gasteiger charge is -2.58. The Hall–Kier alpha value is -0.990. The van der Waals surface area contributed by atoms with Gasteiger partial charge >= 0.3 is 6.16 Å². The van der Waals surface area contributed by atoms with Gasteiger partial charge in [-0.3, -0.25) is 0 Å². The topological polar surface area (TPSA) is 35.5 Å². The number of carbonyl (C=O) groups is 1. The minimum atomic E-state index is -0.431. The fourth-order valence-electron chi connectivity index (χ4n) is 11.3. The average molecular weight is 669 g/mol. The third-order valence-electron chi connectivity index (χ3n) is 14.4. The highest BCUT2D eigenvalue weighted by Crippen LogP contribution is 2.66. The second-order valence-electron chi connectivity index (χ2n) is 17.7. The average Bonchev–Trinajstić information content (AvgIpc) is 3.42. The predicted molar refractivity (Wildman–Crippen MR) is 204 cm³/mol. The van der Waals surface area contributed by atoms with Crippen LogP contribution in [0.3, 0.4) is 0 Å². The minimum Gasteiger partial charge on any atom is -0.434 e. The second kappa shape index (κ2) is 21.4. The van der Waals surface area contributed by atoms with Crippen LogP contribution in [0.1, 0.15) is 220 Å². The number of rotatable bonds is 24. The molecule has 0 amide bonds.